The first-order valence-corrected chi connectivity index (χ1v) is 6.70. The standard InChI is InChI=1S/C14H14Cl2N2O/c15-12-5-4-11(9-13(12)16)10-17-7-8-19-14-3-1-2-6-18-14/h1-6,9,17H,7-8,10H2. The smallest absolute Gasteiger partial charge is 0.213 e. The molecule has 0 aliphatic rings. The molecule has 1 aromatic carbocycles. The fourth-order valence-corrected chi connectivity index (χ4v) is 1.86. The average molecular weight is 297 g/mol. The third-order valence-electron chi connectivity index (χ3n) is 2.48. The molecule has 5 heteroatoms. The van der Waals surface area contributed by atoms with Crippen molar-refractivity contribution in [1.29, 1.82) is 0 Å². The second kappa shape index (κ2) is 7.34. The molecule has 1 heterocycles. The molecule has 0 aliphatic carbocycles. The monoisotopic (exact) mass is 296 g/mol. The Bertz CT molecular complexity index is 520. The predicted octanol–water partition coefficient (Wildman–Crippen LogP) is 3.56. The van der Waals surface area contributed by atoms with Crippen LogP contribution in [-0.2, 0) is 6.54 Å². The number of halogens is 2. The Morgan fingerprint density at radius 3 is 2.74 bits per heavy atom. The minimum absolute atomic E-state index is 0.568. The molecule has 0 spiro atoms. The molecule has 1 N–H and O–H groups in total. The van der Waals surface area contributed by atoms with Crippen LogP contribution in [0, 0.1) is 0 Å². The van der Waals surface area contributed by atoms with Gasteiger partial charge in [0.05, 0.1) is 10.0 Å². The molecule has 0 saturated heterocycles. The van der Waals surface area contributed by atoms with E-state index in [1.165, 1.54) is 0 Å². The van der Waals surface area contributed by atoms with E-state index < -0.39 is 0 Å². The zero-order valence-electron chi connectivity index (χ0n) is 10.3. The molecule has 19 heavy (non-hydrogen) atoms. The Morgan fingerprint density at radius 1 is 1.11 bits per heavy atom. The highest BCUT2D eigenvalue weighted by Crippen LogP contribution is 2.22. The SMILES string of the molecule is Clc1ccc(CNCCOc2ccccn2)cc1Cl. The number of hydrogen-bond acceptors (Lipinski definition) is 3. The van der Waals surface area contributed by atoms with E-state index in [1.807, 2.05) is 30.3 Å². The summed E-state index contributed by atoms with van der Waals surface area (Å²) in [5.74, 6) is 0.638. The zero-order valence-corrected chi connectivity index (χ0v) is 11.8. The molecule has 2 rings (SSSR count). The van der Waals surface area contributed by atoms with Crippen LogP contribution in [0.4, 0.5) is 0 Å². The number of ether oxygens (including phenoxy) is 1. The summed E-state index contributed by atoms with van der Waals surface area (Å²) in [6, 6.07) is 11.2. The van der Waals surface area contributed by atoms with Crippen molar-refractivity contribution in [3.05, 3.63) is 58.2 Å². The van der Waals surface area contributed by atoms with Crippen molar-refractivity contribution in [2.75, 3.05) is 13.2 Å². The maximum absolute atomic E-state index is 5.94. The van der Waals surface area contributed by atoms with Gasteiger partial charge in [0.1, 0.15) is 6.61 Å². The van der Waals surface area contributed by atoms with Crippen LogP contribution >= 0.6 is 23.2 Å². The molecule has 0 atom stereocenters. The Balaban J connectivity index is 1.68. The van der Waals surface area contributed by atoms with E-state index in [9.17, 15) is 0 Å². The maximum Gasteiger partial charge on any atom is 0.213 e. The van der Waals surface area contributed by atoms with Crippen molar-refractivity contribution in [2.45, 2.75) is 6.54 Å². The van der Waals surface area contributed by atoms with Crippen LogP contribution in [-0.4, -0.2) is 18.1 Å². The van der Waals surface area contributed by atoms with Gasteiger partial charge in [-0.05, 0) is 23.8 Å². The molecule has 0 fully saturated rings. The molecule has 3 nitrogen and oxygen atoms in total. The molecule has 100 valence electrons. The first kappa shape index (κ1) is 14.1. The number of nitrogens with one attached hydrogen (secondary N) is 1. The third-order valence-corrected chi connectivity index (χ3v) is 3.22. The molecule has 0 bridgehead atoms. The quantitative estimate of drug-likeness (QED) is 0.828. The zero-order chi connectivity index (χ0) is 13.5. The highest BCUT2D eigenvalue weighted by atomic mass is 35.5. The van der Waals surface area contributed by atoms with Crippen LogP contribution in [0.15, 0.2) is 42.6 Å². The summed E-state index contributed by atoms with van der Waals surface area (Å²) in [6.07, 6.45) is 1.71. The number of rotatable bonds is 6. The van der Waals surface area contributed by atoms with Crippen LogP contribution in [0.5, 0.6) is 5.88 Å². The number of pyridine rings is 1. The minimum Gasteiger partial charge on any atom is -0.476 e. The van der Waals surface area contributed by atoms with Crippen molar-refractivity contribution in [3.63, 3.8) is 0 Å². The van der Waals surface area contributed by atoms with Crippen LogP contribution in [0.25, 0.3) is 0 Å². The molecule has 0 aliphatic heterocycles. The first-order valence-electron chi connectivity index (χ1n) is 5.94. The van der Waals surface area contributed by atoms with Gasteiger partial charge in [-0.1, -0.05) is 35.3 Å². The minimum atomic E-state index is 0.568. The predicted molar refractivity (Wildman–Crippen MR) is 77.9 cm³/mol. The fourth-order valence-electron chi connectivity index (χ4n) is 1.54. The van der Waals surface area contributed by atoms with E-state index in [0.29, 0.717) is 22.5 Å². The van der Waals surface area contributed by atoms with Gasteiger partial charge in [0.15, 0.2) is 0 Å². The molecule has 2 aromatic rings. The lowest BCUT2D eigenvalue weighted by Crippen LogP contribution is -2.20. The Hall–Kier alpha value is -1.29. The lowest BCUT2D eigenvalue weighted by molar-refractivity contribution is 0.302. The van der Waals surface area contributed by atoms with Gasteiger partial charge in [0.25, 0.3) is 0 Å². The van der Waals surface area contributed by atoms with Crippen molar-refractivity contribution in [2.24, 2.45) is 0 Å². The Labute approximate surface area is 122 Å². The Kier molecular flexibility index (Phi) is 5.45. The number of hydrogen-bond donors (Lipinski definition) is 1. The molecular formula is C14H14Cl2N2O. The van der Waals surface area contributed by atoms with Crippen molar-refractivity contribution in [3.8, 4) is 5.88 Å². The third kappa shape index (κ3) is 4.71. The van der Waals surface area contributed by atoms with E-state index in [0.717, 1.165) is 18.7 Å². The van der Waals surface area contributed by atoms with Gasteiger partial charge >= 0.3 is 0 Å². The fraction of sp³-hybridized carbons (Fsp3) is 0.214. The summed E-state index contributed by atoms with van der Waals surface area (Å²) in [5.41, 5.74) is 1.09. The Morgan fingerprint density at radius 2 is 2.00 bits per heavy atom. The summed E-state index contributed by atoms with van der Waals surface area (Å²) in [4.78, 5) is 4.07. The normalized spacial score (nSPS) is 10.4. The van der Waals surface area contributed by atoms with Gasteiger partial charge in [-0.3, -0.25) is 0 Å². The number of aromatic nitrogens is 1. The molecule has 0 amide bonds. The highest BCUT2D eigenvalue weighted by Gasteiger charge is 1.99. The van der Waals surface area contributed by atoms with Gasteiger partial charge < -0.3 is 10.1 Å². The second-order valence-corrected chi connectivity index (χ2v) is 4.76. The van der Waals surface area contributed by atoms with Crippen LogP contribution < -0.4 is 10.1 Å². The van der Waals surface area contributed by atoms with E-state index in [2.05, 4.69) is 10.3 Å². The van der Waals surface area contributed by atoms with Gasteiger partial charge in [-0.2, -0.15) is 0 Å². The lowest BCUT2D eigenvalue weighted by Gasteiger charge is -2.07. The van der Waals surface area contributed by atoms with E-state index >= 15 is 0 Å². The second-order valence-electron chi connectivity index (χ2n) is 3.94. The van der Waals surface area contributed by atoms with Crippen molar-refractivity contribution < 1.29 is 4.74 Å². The van der Waals surface area contributed by atoms with Crippen molar-refractivity contribution >= 4 is 23.2 Å². The summed E-state index contributed by atoms with van der Waals surface area (Å²) >= 11 is 11.8. The average Bonchev–Trinajstić information content (AvgIpc) is 2.43. The van der Waals surface area contributed by atoms with Crippen molar-refractivity contribution in [1.82, 2.24) is 10.3 Å². The van der Waals surface area contributed by atoms with E-state index in [-0.39, 0.29) is 0 Å². The maximum atomic E-state index is 5.94. The molecule has 0 unspecified atom stereocenters. The van der Waals surface area contributed by atoms with Gasteiger partial charge in [0, 0.05) is 25.4 Å². The van der Waals surface area contributed by atoms with Crippen LogP contribution in [0.1, 0.15) is 5.56 Å². The largest absolute Gasteiger partial charge is 0.476 e. The topological polar surface area (TPSA) is 34.1 Å². The van der Waals surface area contributed by atoms with Gasteiger partial charge in [0.2, 0.25) is 5.88 Å². The van der Waals surface area contributed by atoms with Gasteiger partial charge in [-0.25, -0.2) is 4.98 Å². The van der Waals surface area contributed by atoms with E-state index in [1.54, 1.807) is 12.3 Å². The molecule has 0 saturated carbocycles. The summed E-state index contributed by atoms with van der Waals surface area (Å²) < 4.78 is 5.47. The first-order chi connectivity index (χ1) is 9.25. The summed E-state index contributed by atoms with van der Waals surface area (Å²) in [6.45, 7) is 2.03. The van der Waals surface area contributed by atoms with E-state index in [4.69, 9.17) is 27.9 Å². The summed E-state index contributed by atoms with van der Waals surface area (Å²) in [5, 5.41) is 4.41. The van der Waals surface area contributed by atoms with Crippen LogP contribution in [0.2, 0.25) is 10.0 Å². The summed E-state index contributed by atoms with van der Waals surface area (Å²) in [7, 11) is 0. The lowest BCUT2D eigenvalue weighted by atomic mass is 10.2. The highest BCUT2D eigenvalue weighted by molar-refractivity contribution is 6.42. The number of nitrogens with zero attached hydrogens (tertiary/aromatic N) is 1. The molecule has 0 radical (unpaired) electrons. The molecular weight excluding hydrogens is 283 g/mol. The van der Waals surface area contributed by atoms with Gasteiger partial charge in [-0.15, -0.1) is 0 Å². The number of benzene rings is 1. The molecule has 1 aromatic heterocycles. The van der Waals surface area contributed by atoms with Crippen LogP contribution in [0.3, 0.4) is 0 Å².